The average molecular weight is 477 g/mol. The van der Waals surface area contributed by atoms with Crippen LogP contribution in [-0.2, 0) is 11.8 Å². The molecule has 1 saturated heterocycles. The zero-order valence-electron chi connectivity index (χ0n) is 20.0. The van der Waals surface area contributed by atoms with Crippen LogP contribution in [0.15, 0.2) is 55.0 Å². The number of hydrogen-bond acceptors (Lipinski definition) is 7. The van der Waals surface area contributed by atoms with Crippen LogP contribution in [-0.4, -0.2) is 71.2 Å². The molecule has 0 unspecified atom stereocenters. The zero-order valence-corrected chi connectivity index (χ0v) is 20.0. The molecule has 0 spiro atoms. The molecule has 0 amide bonds. The van der Waals surface area contributed by atoms with Crippen molar-refractivity contribution >= 4 is 22.4 Å². The molecule has 0 aliphatic carbocycles. The molecule has 0 radical (unpaired) electrons. The minimum Gasteiger partial charge on any atom is -0.497 e. The molecule has 8 nitrogen and oxygen atoms in total. The summed E-state index contributed by atoms with van der Waals surface area (Å²) in [5.41, 5.74) is 4.86. The van der Waals surface area contributed by atoms with E-state index in [9.17, 15) is 4.39 Å². The van der Waals surface area contributed by atoms with Crippen LogP contribution in [0.3, 0.4) is 0 Å². The van der Waals surface area contributed by atoms with E-state index < -0.39 is 0 Å². The topological polar surface area (TPSA) is 68.5 Å². The number of nitrogens with zero attached hydrogens (tertiary/aromatic N) is 6. The lowest BCUT2D eigenvalue weighted by Crippen LogP contribution is -2.34. The smallest absolute Gasteiger partial charge is 0.128 e. The minimum atomic E-state index is -0.341. The lowest BCUT2D eigenvalue weighted by molar-refractivity contribution is 0.142. The molecule has 0 saturated carbocycles. The first-order valence-electron chi connectivity index (χ1n) is 11.8. The Bertz CT molecular complexity index is 1300. The lowest BCUT2D eigenvalue weighted by Gasteiger charge is -2.29. The Morgan fingerprint density at radius 1 is 1.06 bits per heavy atom. The Balaban J connectivity index is 1.51. The van der Waals surface area contributed by atoms with Crippen molar-refractivity contribution in [1.29, 1.82) is 0 Å². The number of fused-ring (bicyclic) bond motifs is 1. The Kier molecular flexibility index (Phi) is 6.87. The molecule has 182 valence electrons. The molecule has 5 rings (SSSR count). The summed E-state index contributed by atoms with van der Waals surface area (Å²) >= 11 is 0. The summed E-state index contributed by atoms with van der Waals surface area (Å²) in [6.45, 7) is 4.89. The second-order valence-electron chi connectivity index (χ2n) is 8.64. The van der Waals surface area contributed by atoms with Gasteiger partial charge in [0.2, 0.25) is 0 Å². The van der Waals surface area contributed by atoms with Gasteiger partial charge in [0.1, 0.15) is 11.6 Å². The summed E-state index contributed by atoms with van der Waals surface area (Å²) in [4.78, 5) is 13.9. The van der Waals surface area contributed by atoms with Crippen molar-refractivity contribution in [3.63, 3.8) is 0 Å². The SMILES string of the molecule is COc1cc(F)cc(N(CCN2CCCOCC2)c2ccc3ncc(-c4cnn(C)c4)nc3c2)c1. The van der Waals surface area contributed by atoms with E-state index in [4.69, 9.17) is 14.5 Å². The average Bonchev–Trinajstić information content (AvgIpc) is 3.14. The maximum absolute atomic E-state index is 14.5. The molecule has 1 aliphatic heterocycles. The molecule has 2 aromatic heterocycles. The quantitative estimate of drug-likeness (QED) is 0.399. The van der Waals surface area contributed by atoms with Gasteiger partial charge in [-0.25, -0.2) is 9.37 Å². The van der Waals surface area contributed by atoms with E-state index in [1.54, 1.807) is 24.2 Å². The predicted molar refractivity (Wildman–Crippen MR) is 134 cm³/mol. The van der Waals surface area contributed by atoms with E-state index in [1.807, 2.05) is 37.5 Å². The molecular weight excluding hydrogens is 447 g/mol. The summed E-state index contributed by atoms with van der Waals surface area (Å²) in [6, 6.07) is 10.7. The molecule has 2 aromatic carbocycles. The van der Waals surface area contributed by atoms with E-state index in [2.05, 4.69) is 19.9 Å². The molecular formula is C26H29FN6O2. The third-order valence-corrected chi connectivity index (χ3v) is 6.20. The van der Waals surface area contributed by atoms with E-state index in [0.29, 0.717) is 12.3 Å². The molecule has 0 bridgehead atoms. The highest BCUT2D eigenvalue weighted by Gasteiger charge is 2.17. The van der Waals surface area contributed by atoms with Crippen LogP contribution in [0, 0.1) is 5.82 Å². The highest BCUT2D eigenvalue weighted by atomic mass is 19.1. The monoisotopic (exact) mass is 476 g/mol. The molecule has 1 fully saturated rings. The molecule has 4 aromatic rings. The van der Waals surface area contributed by atoms with Crippen LogP contribution in [0.5, 0.6) is 5.75 Å². The summed E-state index contributed by atoms with van der Waals surface area (Å²) in [5.74, 6) is 0.139. The van der Waals surface area contributed by atoms with Gasteiger partial charge in [-0.15, -0.1) is 0 Å². The number of anilines is 2. The van der Waals surface area contributed by atoms with Gasteiger partial charge >= 0.3 is 0 Å². The van der Waals surface area contributed by atoms with Crippen molar-refractivity contribution in [2.24, 2.45) is 7.05 Å². The van der Waals surface area contributed by atoms with Crippen molar-refractivity contribution in [3.8, 4) is 17.0 Å². The number of methoxy groups -OCH3 is 1. The second-order valence-corrected chi connectivity index (χ2v) is 8.64. The van der Waals surface area contributed by atoms with Crippen LogP contribution < -0.4 is 9.64 Å². The Hall–Kier alpha value is -3.56. The standard InChI is InChI=1S/C26H29FN6O2/c1-31-18-19(16-29-31)26-17-28-24-5-4-21(15-25(24)30-26)33(8-7-32-6-3-10-35-11-9-32)22-12-20(27)13-23(14-22)34-2/h4-5,12-18H,3,6-11H2,1-2H3. The van der Waals surface area contributed by atoms with Crippen molar-refractivity contribution in [1.82, 2.24) is 24.6 Å². The van der Waals surface area contributed by atoms with Crippen molar-refractivity contribution in [2.45, 2.75) is 6.42 Å². The first-order valence-corrected chi connectivity index (χ1v) is 11.8. The summed E-state index contributed by atoms with van der Waals surface area (Å²) in [5, 5.41) is 4.24. The Morgan fingerprint density at radius 3 is 2.80 bits per heavy atom. The molecule has 0 atom stereocenters. The van der Waals surface area contributed by atoms with Crippen LogP contribution in [0.2, 0.25) is 0 Å². The third kappa shape index (κ3) is 5.41. The summed E-state index contributed by atoms with van der Waals surface area (Å²) in [6.07, 6.45) is 6.46. The molecule has 9 heteroatoms. The van der Waals surface area contributed by atoms with Gasteiger partial charge in [-0.1, -0.05) is 0 Å². The normalized spacial score (nSPS) is 14.7. The van der Waals surface area contributed by atoms with Gasteiger partial charge in [0.05, 0.1) is 42.8 Å². The predicted octanol–water partition coefficient (Wildman–Crippen LogP) is 4.04. The maximum atomic E-state index is 14.5. The fourth-order valence-corrected chi connectivity index (χ4v) is 4.35. The van der Waals surface area contributed by atoms with Crippen LogP contribution in [0.4, 0.5) is 15.8 Å². The summed E-state index contributed by atoms with van der Waals surface area (Å²) in [7, 11) is 3.42. The number of aryl methyl sites for hydroxylation is 1. The van der Waals surface area contributed by atoms with Gasteiger partial charge in [-0.3, -0.25) is 14.6 Å². The largest absolute Gasteiger partial charge is 0.497 e. The number of rotatable bonds is 7. The molecule has 1 aliphatic rings. The fraction of sp³-hybridized carbons (Fsp3) is 0.346. The lowest BCUT2D eigenvalue weighted by atomic mass is 10.2. The Labute approximate surface area is 203 Å². The first kappa shape index (κ1) is 23.2. The van der Waals surface area contributed by atoms with Crippen LogP contribution in [0.1, 0.15) is 6.42 Å². The molecule has 3 heterocycles. The van der Waals surface area contributed by atoms with E-state index in [0.717, 1.165) is 72.9 Å². The Morgan fingerprint density at radius 2 is 1.97 bits per heavy atom. The minimum absolute atomic E-state index is 0.341. The first-order chi connectivity index (χ1) is 17.1. The molecule has 0 N–H and O–H groups in total. The number of ether oxygens (including phenoxy) is 2. The van der Waals surface area contributed by atoms with Crippen LogP contribution in [0.25, 0.3) is 22.3 Å². The maximum Gasteiger partial charge on any atom is 0.128 e. The van der Waals surface area contributed by atoms with Gasteiger partial charge in [-0.2, -0.15) is 5.10 Å². The highest BCUT2D eigenvalue weighted by molar-refractivity contribution is 5.82. The van der Waals surface area contributed by atoms with Gasteiger partial charge in [-0.05, 0) is 30.7 Å². The second kappa shape index (κ2) is 10.4. The van der Waals surface area contributed by atoms with Gasteiger partial charge in [0.25, 0.3) is 0 Å². The van der Waals surface area contributed by atoms with E-state index in [1.165, 1.54) is 12.1 Å². The van der Waals surface area contributed by atoms with E-state index in [-0.39, 0.29) is 5.82 Å². The van der Waals surface area contributed by atoms with Gasteiger partial charge in [0, 0.05) is 75.1 Å². The van der Waals surface area contributed by atoms with Crippen molar-refractivity contribution < 1.29 is 13.9 Å². The zero-order chi connectivity index (χ0) is 24.2. The number of benzene rings is 2. The number of halogens is 1. The number of aromatic nitrogens is 4. The number of hydrogen-bond donors (Lipinski definition) is 0. The van der Waals surface area contributed by atoms with E-state index >= 15 is 0 Å². The summed E-state index contributed by atoms with van der Waals surface area (Å²) < 4.78 is 27.2. The van der Waals surface area contributed by atoms with Gasteiger partial charge < -0.3 is 14.4 Å². The fourth-order valence-electron chi connectivity index (χ4n) is 4.35. The third-order valence-electron chi connectivity index (χ3n) is 6.20. The molecule has 35 heavy (non-hydrogen) atoms. The van der Waals surface area contributed by atoms with Crippen molar-refractivity contribution in [3.05, 3.63) is 60.8 Å². The van der Waals surface area contributed by atoms with Crippen molar-refractivity contribution in [2.75, 3.05) is 51.4 Å². The highest BCUT2D eigenvalue weighted by Crippen LogP contribution is 2.31. The van der Waals surface area contributed by atoms with Crippen LogP contribution >= 0.6 is 0 Å². The van der Waals surface area contributed by atoms with Gasteiger partial charge in [0.15, 0.2) is 0 Å².